The van der Waals surface area contributed by atoms with Crippen LogP contribution in [0.3, 0.4) is 0 Å². The predicted octanol–water partition coefficient (Wildman–Crippen LogP) is 5.27. The van der Waals surface area contributed by atoms with Gasteiger partial charge in [-0.25, -0.2) is 0 Å². The normalized spacial score (nSPS) is 11.5. The van der Waals surface area contributed by atoms with Crippen LogP contribution in [0.4, 0.5) is 0 Å². The molecule has 0 aliphatic heterocycles. The second-order valence-electron chi connectivity index (χ2n) is 5.87. The van der Waals surface area contributed by atoms with Crippen molar-refractivity contribution in [2.24, 2.45) is 0 Å². The van der Waals surface area contributed by atoms with Crippen LogP contribution < -0.4 is 5.32 Å². The van der Waals surface area contributed by atoms with Gasteiger partial charge in [0.05, 0.1) is 5.70 Å². The largest absolute Gasteiger partial charge is 0.319 e. The zero-order chi connectivity index (χ0) is 18.8. The molecule has 0 bridgehead atoms. The summed E-state index contributed by atoms with van der Waals surface area (Å²) in [6.07, 6.45) is 6.94. The molecule has 0 atom stereocenters. The number of allylic oxidation sites excluding steroid dienone is 1. The molecular formula is C22H22ClNO2. The van der Waals surface area contributed by atoms with Crippen molar-refractivity contribution in [2.75, 3.05) is 0 Å². The highest BCUT2D eigenvalue weighted by Crippen LogP contribution is 2.11. The molecule has 1 amide bonds. The fourth-order valence-corrected chi connectivity index (χ4v) is 2.42. The van der Waals surface area contributed by atoms with E-state index in [2.05, 4.69) is 5.32 Å². The number of hydrogen-bond acceptors (Lipinski definition) is 2. The molecule has 0 saturated carbocycles. The van der Waals surface area contributed by atoms with Crippen molar-refractivity contribution < 1.29 is 9.59 Å². The van der Waals surface area contributed by atoms with Crippen molar-refractivity contribution in [1.29, 1.82) is 0 Å². The molecule has 1 N–H and O–H groups in total. The fourth-order valence-electron chi connectivity index (χ4n) is 2.29. The summed E-state index contributed by atoms with van der Waals surface area (Å²) in [5.74, 6) is -0.407. The van der Waals surface area contributed by atoms with Gasteiger partial charge in [0.2, 0.25) is 5.91 Å². The average Bonchev–Trinajstić information content (AvgIpc) is 2.66. The molecule has 0 saturated heterocycles. The van der Waals surface area contributed by atoms with Gasteiger partial charge in [-0.1, -0.05) is 67.4 Å². The molecule has 134 valence electrons. The van der Waals surface area contributed by atoms with E-state index in [1.54, 1.807) is 24.3 Å². The van der Waals surface area contributed by atoms with Crippen molar-refractivity contribution in [2.45, 2.75) is 26.2 Å². The third-order valence-corrected chi connectivity index (χ3v) is 3.98. The summed E-state index contributed by atoms with van der Waals surface area (Å²) in [6.45, 7) is 2.03. The smallest absolute Gasteiger partial charge is 0.248 e. The first-order chi connectivity index (χ1) is 12.6. The highest BCUT2D eigenvalue weighted by Gasteiger charge is 2.11. The third kappa shape index (κ3) is 6.69. The van der Waals surface area contributed by atoms with Crippen LogP contribution in [0.15, 0.2) is 66.4 Å². The Bertz CT molecular complexity index is 793. The Morgan fingerprint density at radius 1 is 1.00 bits per heavy atom. The number of Topliss-reactive ketones (excluding diaryl/α,β-unsaturated/α-hetero) is 1. The number of benzene rings is 2. The molecule has 0 aromatic heterocycles. The lowest BCUT2D eigenvalue weighted by atomic mass is 10.1. The summed E-state index contributed by atoms with van der Waals surface area (Å²) in [4.78, 5) is 24.7. The number of ketones is 1. The van der Waals surface area contributed by atoms with Crippen LogP contribution in [-0.4, -0.2) is 11.7 Å². The topological polar surface area (TPSA) is 46.2 Å². The van der Waals surface area contributed by atoms with Crippen LogP contribution in [0, 0.1) is 0 Å². The van der Waals surface area contributed by atoms with Gasteiger partial charge in [-0.2, -0.15) is 0 Å². The quantitative estimate of drug-likeness (QED) is 0.646. The van der Waals surface area contributed by atoms with E-state index in [9.17, 15) is 9.59 Å². The van der Waals surface area contributed by atoms with Gasteiger partial charge in [0.15, 0.2) is 5.78 Å². The van der Waals surface area contributed by atoms with Crippen molar-refractivity contribution in [3.63, 3.8) is 0 Å². The van der Waals surface area contributed by atoms with E-state index in [1.807, 2.05) is 49.4 Å². The summed E-state index contributed by atoms with van der Waals surface area (Å²) in [5, 5.41) is 3.36. The second kappa shape index (κ2) is 10.4. The Morgan fingerprint density at radius 3 is 2.35 bits per heavy atom. The molecule has 2 aromatic rings. The zero-order valence-corrected chi connectivity index (χ0v) is 15.5. The summed E-state index contributed by atoms with van der Waals surface area (Å²) in [5.41, 5.74) is 2.04. The van der Waals surface area contributed by atoms with E-state index in [4.69, 9.17) is 11.6 Å². The molecule has 4 heteroatoms. The number of amides is 1. The number of halogens is 1. The Balaban J connectivity index is 2.12. The highest BCUT2D eigenvalue weighted by atomic mass is 35.5. The van der Waals surface area contributed by atoms with Crippen LogP contribution in [0.1, 0.15) is 37.3 Å². The number of unbranched alkanes of at least 4 members (excludes halogenated alkanes) is 1. The monoisotopic (exact) mass is 367 g/mol. The average molecular weight is 368 g/mol. The summed E-state index contributed by atoms with van der Waals surface area (Å²) in [7, 11) is 0. The van der Waals surface area contributed by atoms with Gasteiger partial charge in [-0.3, -0.25) is 9.59 Å². The van der Waals surface area contributed by atoms with Gasteiger partial charge in [0, 0.05) is 17.5 Å². The first-order valence-electron chi connectivity index (χ1n) is 8.63. The van der Waals surface area contributed by atoms with Crippen LogP contribution in [0.2, 0.25) is 5.02 Å². The molecule has 3 nitrogen and oxygen atoms in total. The number of rotatable bonds is 8. The Labute approximate surface area is 159 Å². The van der Waals surface area contributed by atoms with E-state index in [-0.39, 0.29) is 11.7 Å². The second-order valence-corrected chi connectivity index (χ2v) is 6.31. The first kappa shape index (κ1) is 19.7. The molecule has 2 aromatic carbocycles. The molecule has 0 radical (unpaired) electrons. The van der Waals surface area contributed by atoms with Gasteiger partial charge in [-0.05, 0) is 41.8 Å². The van der Waals surface area contributed by atoms with E-state index in [0.29, 0.717) is 17.1 Å². The lowest BCUT2D eigenvalue weighted by Gasteiger charge is -2.08. The number of hydrogen-bond donors (Lipinski definition) is 1. The van der Waals surface area contributed by atoms with E-state index in [1.165, 1.54) is 6.08 Å². The lowest BCUT2D eigenvalue weighted by molar-refractivity contribution is -0.120. The number of carbonyl (C=O) groups excluding carboxylic acids is 2. The van der Waals surface area contributed by atoms with Gasteiger partial charge in [-0.15, -0.1) is 0 Å². The van der Waals surface area contributed by atoms with Gasteiger partial charge >= 0.3 is 0 Å². The van der Waals surface area contributed by atoms with Crippen LogP contribution in [-0.2, 0) is 9.59 Å². The van der Waals surface area contributed by atoms with Crippen LogP contribution in [0.25, 0.3) is 12.2 Å². The van der Waals surface area contributed by atoms with Gasteiger partial charge in [0.25, 0.3) is 0 Å². The Kier molecular flexibility index (Phi) is 7.84. The van der Waals surface area contributed by atoms with E-state index in [0.717, 1.165) is 24.0 Å². The lowest BCUT2D eigenvalue weighted by Crippen LogP contribution is -2.25. The van der Waals surface area contributed by atoms with E-state index < -0.39 is 0 Å². The molecule has 26 heavy (non-hydrogen) atoms. The molecule has 0 fully saturated rings. The SMILES string of the molecule is CCCCC(=O)/C(=C/c1ccccc1)NC(=O)/C=C/c1ccc(Cl)cc1. The minimum absolute atomic E-state index is 0.0658. The standard InChI is InChI=1S/C22H22ClNO2/c1-2-3-9-21(25)20(16-18-7-5-4-6-8-18)24-22(26)15-12-17-10-13-19(23)14-11-17/h4-8,10-16H,2-3,9H2,1H3,(H,24,26)/b15-12+,20-16-. The molecule has 2 rings (SSSR count). The minimum atomic E-state index is -0.341. The summed E-state index contributed by atoms with van der Waals surface area (Å²) >= 11 is 5.85. The zero-order valence-electron chi connectivity index (χ0n) is 14.7. The highest BCUT2D eigenvalue weighted by molar-refractivity contribution is 6.30. The molecule has 0 spiro atoms. The van der Waals surface area contributed by atoms with Crippen LogP contribution >= 0.6 is 11.6 Å². The summed E-state index contributed by atoms with van der Waals surface area (Å²) in [6, 6.07) is 16.6. The molecule has 0 aliphatic carbocycles. The Morgan fingerprint density at radius 2 is 1.69 bits per heavy atom. The fraction of sp³-hybridized carbons (Fsp3) is 0.182. The van der Waals surface area contributed by atoms with E-state index >= 15 is 0 Å². The third-order valence-electron chi connectivity index (χ3n) is 3.72. The van der Waals surface area contributed by atoms with Crippen molar-refractivity contribution in [1.82, 2.24) is 5.32 Å². The summed E-state index contributed by atoms with van der Waals surface area (Å²) < 4.78 is 0. The van der Waals surface area contributed by atoms with Crippen molar-refractivity contribution >= 4 is 35.4 Å². The van der Waals surface area contributed by atoms with Crippen molar-refractivity contribution in [3.8, 4) is 0 Å². The predicted molar refractivity (Wildman–Crippen MR) is 108 cm³/mol. The maximum atomic E-state index is 12.4. The first-order valence-corrected chi connectivity index (χ1v) is 9.01. The molecule has 0 heterocycles. The minimum Gasteiger partial charge on any atom is -0.319 e. The molecular weight excluding hydrogens is 346 g/mol. The van der Waals surface area contributed by atoms with Crippen molar-refractivity contribution in [3.05, 3.63) is 82.5 Å². The van der Waals surface area contributed by atoms with Crippen LogP contribution in [0.5, 0.6) is 0 Å². The number of nitrogens with one attached hydrogen (secondary N) is 1. The van der Waals surface area contributed by atoms with Gasteiger partial charge < -0.3 is 5.32 Å². The van der Waals surface area contributed by atoms with Gasteiger partial charge in [0.1, 0.15) is 0 Å². The Hall–Kier alpha value is -2.65. The maximum Gasteiger partial charge on any atom is 0.248 e. The number of carbonyl (C=O) groups is 2. The molecule has 0 unspecified atom stereocenters. The maximum absolute atomic E-state index is 12.4. The molecule has 0 aliphatic rings.